The van der Waals surface area contributed by atoms with E-state index in [-0.39, 0.29) is 22.4 Å². The maximum absolute atomic E-state index is 11.1. The highest BCUT2D eigenvalue weighted by Crippen LogP contribution is 2.39. The van der Waals surface area contributed by atoms with Crippen LogP contribution in [0.2, 0.25) is 10.0 Å². The van der Waals surface area contributed by atoms with Gasteiger partial charge < -0.3 is 9.84 Å². The summed E-state index contributed by atoms with van der Waals surface area (Å²) in [5.41, 5.74) is 0.821. The molecule has 68 valence electrons. The third-order valence-electron chi connectivity index (χ3n) is 1.86. The zero-order chi connectivity index (χ0) is 9.59. The van der Waals surface area contributed by atoms with Gasteiger partial charge >= 0.3 is 5.97 Å². The van der Waals surface area contributed by atoms with Crippen LogP contribution in [0.1, 0.15) is 15.9 Å². The Morgan fingerprint density at radius 3 is 2.85 bits per heavy atom. The number of hydrogen-bond donors (Lipinski definition) is 1. The molecule has 1 aliphatic rings. The van der Waals surface area contributed by atoms with Crippen LogP contribution in [0, 0.1) is 0 Å². The Balaban J connectivity index is 2.74. The van der Waals surface area contributed by atoms with Crippen LogP contribution >= 0.6 is 23.2 Å². The largest absolute Gasteiger partial charge is 0.505 e. The van der Waals surface area contributed by atoms with Gasteiger partial charge in [-0.05, 0) is 6.07 Å². The number of halogens is 2. The van der Waals surface area contributed by atoms with Gasteiger partial charge in [-0.3, -0.25) is 0 Å². The molecule has 0 radical (unpaired) electrons. The van der Waals surface area contributed by atoms with E-state index < -0.39 is 5.97 Å². The number of aromatic hydroxyl groups is 1. The third-order valence-corrected chi connectivity index (χ3v) is 2.56. The quantitative estimate of drug-likeness (QED) is 0.681. The molecule has 1 heterocycles. The third kappa shape index (κ3) is 1.16. The summed E-state index contributed by atoms with van der Waals surface area (Å²) in [4.78, 5) is 11.1. The lowest BCUT2D eigenvalue weighted by atomic mass is 10.1. The Labute approximate surface area is 83.8 Å². The average Bonchev–Trinajstić information content (AvgIpc) is 2.45. The molecule has 0 aromatic heterocycles. The number of carbonyl (C=O) groups is 1. The summed E-state index contributed by atoms with van der Waals surface area (Å²) in [6, 6.07) is 1.35. The number of hydrogen-bond acceptors (Lipinski definition) is 3. The molecule has 1 aromatic rings. The van der Waals surface area contributed by atoms with Gasteiger partial charge in [0.25, 0.3) is 0 Å². The first-order chi connectivity index (χ1) is 6.11. The second-order valence-electron chi connectivity index (χ2n) is 2.62. The van der Waals surface area contributed by atoms with E-state index in [9.17, 15) is 9.90 Å². The zero-order valence-electron chi connectivity index (χ0n) is 6.30. The summed E-state index contributed by atoms with van der Waals surface area (Å²) >= 11 is 11.4. The van der Waals surface area contributed by atoms with E-state index in [0.29, 0.717) is 11.1 Å². The van der Waals surface area contributed by atoms with Crippen molar-refractivity contribution in [3.63, 3.8) is 0 Å². The molecule has 0 saturated carbocycles. The molecule has 1 N–H and O–H groups in total. The number of rotatable bonds is 0. The predicted molar refractivity (Wildman–Crippen MR) is 47.2 cm³/mol. The average molecular weight is 219 g/mol. The lowest BCUT2D eigenvalue weighted by molar-refractivity contribution is 0.0535. The van der Waals surface area contributed by atoms with Crippen molar-refractivity contribution >= 4 is 29.2 Å². The molecule has 0 saturated heterocycles. The molecule has 5 heteroatoms. The van der Waals surface area contributed by atoms with Crippen LogP contribution in [-0.2, 0) is 11.3 Å². The number of benzene rings is 1. The van der Waals surface area contributed by atoms with Crippen molar-refractivity contribution in [2.45, 2.75) is 6.61 Å². The van der Waals surface area contributed by atoms with Gasteiger partial charge in [0.15, 0.2) is 5.75 Å². The molecule has 0 aliphatic carbocycles. The van der Waals surface area contributed by atoms with Gasteiger partial charge in [0.2, 0.25) is 0 Å². The first-order valence-corrected chi connectivity index (χ1v) is 4.24. The minimum Gasteiger partial charge on any atom is -0.505 e. The molecule has 1 aromatic carbocycles. The fourth-order valence-electron chi connectivity index (χ4n) is 1.19. The number of fused-ring (bicyclic) bond motifs is 1. The molecule has 0 amide bonds. The summed E-state index contributed by atoms with van der Waals surface area (Å²) in [6.07, 6.45) is 0. The van der Waals surface area contributed by atoms with Gasteiger partial charge in [0.05, 0.1) is 15.6 Å². The maximum atomic E-state index is 11.1. The Morgan fingerprint density at radius 1 is 1.46 bits per heavy atom. The lowest BCUT2D eigenvalue weighted by Gasteiger charge is -2.02. The van der Waals surface area contributed by atoms with Crippen LogP contribution < -0.4 is 0 Å². The number of cyclic esters (lactones) is 1. The van der Waals surface area contributed by atoms with E-state index in [4.69, 9.17) is 27.9 Å². The summed E-state index contributed by atoms with van der Waals surface area (Å²) in [5, 5.41) is 9.48. The summed E-state index contributed by atoms with van der Waals surface area (Å²) in [7, 11) is 0. The van der Waals surface area contributed by atoms with Crippen LogP contribution in [0.5, 0.6) is 5.75 Å². The standard InChI is InChI=1S/C8H4Cl2O3/c9-5-1-3-4(2-13-8(3)12)6(10)7(5)11/h1,11H,2H2. The Bertz CT molecular complexity index is 401. The van der Waals surface area contributed by atoms with Crippen LogP contribution in [0.25, 0.3) is 0 Å². The first kappa shape index (κ1) is 8.66. The molecular weight excluding hydrogens is 215 g/mol. The SMILES string of the molecule is O=C1OCc2c1cc(Cl)c(O)c2Cl. The Hall–Kier alpha value is -0.930. The van der Waals surface area contributed by atoms with Gasteiger partial charge in [0.1, 0.15) is 6.61 Å². The molecular formula is C8H4Cl2O3. The van der Waals surface area contributed by atoms with Crippen molar-refractivity contribution in [2.24, 2.45) is 0 Å². The molecule has 0 atom stereocenters. The molecule has 2 rings (SSSR count). The zero-order valence-corrected chi connectivity index (χ0v) is 7.82. The monoisotopic (exact) mass is 218 g/mol. The van der Waals surface area contributed by atoms with Crippen molar-refractivity contribution in [1.82, 2.24) is 0 Å². The minimum absolute atomic E-state index is 0.0580. The second-order valence-corrected chi connectivity index (χ2v) is 3.41. The normalized spacial score (nSPS) is 14.2. The molecule has 3 nitrogen and oxygen atoms in total. The highest BCUT2D eigenvalue weighted by atomic mass is 35.5. The van der Waals surface area contributed by atoms with E-state index in [2.05, 4.69) is 0 Å². The minimum atomic E-state index is -0.459. The number of phenolic OH excluding ortho intramolecular Hbond substituents is 1. The van der Waals surface area contributed by atoms with Crippen molar-refractivity contribution in [1.29, 1.82) is 0 Å². The number of phenols is 1. The lowest BCUT2D eigenvalue weighted by Crippen LogP contribution is -1.93. The summed E-state index contributed by atoms with van der Waals surface area (Å²) in [6.45, 7) is 0.0950. The van der Waals surface area contributed by atoms with E-state index in [1.165, 1.54) is 6.07 Å². The Kier molecular flexibility index (Phi) is 1.86. The highest BCUT2D eigenvalue weighted by molar-refractivity contribution is 6.38. The van der Waals surface area contributed by atoms with E-state index >= 15 is 0 Å². The van der Waals surface area contributed by atoms with Gasteiger partial charge in [-0.2, -0.15) is 0 Å². The molecule has 0 spiro atoms. The predicted octanol–water partition coefficient (Wildman–Crippen LogP) is 2.37. The smallest absolute Gasteiger partial charge is 0.338 e. The molecule has 0 fully saturated rings. The van der Waals surface area contributed by atoms with Gasteiger partial charge in [-0.15, -0.1) is 0 Å². The van der Waals surface area contributed by atoms with Gasteiger partial charge in [-0.1, -0.05) is 23.2 Å². The molecule has 1 aliphatic heterocycles. The van der Waals surface area contributed by atoms with Crippen molar-refractivity contribution < 1.29 is 14.6 Å². The van der Waals surface area contributed by atoms with Crippen LogP contribution in [0.15, 0.2) is 6.07 Å². The van der Waals surface area contributed by atoms with Gasteiger partial charge in [0, 0.05) is 5.56 Å². The number of ether oxygens (including phenoxy) is 1. The second kappa shape index (κ2) is 2.79. The van der Waals surface area contributed by atoms with E-state index in [1.807, 2.05) is 0 Å². The van der Waals surface area contributed by atoms with E-state index in [1.54, 1.807) is 0 Å². The topological polar surface area (TPSA) is 46.5 Å². The first-order valence-electron chi connectivity index (χ1n) is 3.48. The highest BCUT2D eigenvalue weighted by Gasteiger charge is 2.26. The van der Waals surface area contributed by atoms with Crippen molar-refractivity contribution in [3.05, 3.63) is 27.2 Å². The van der Waals surface area contributed by atoms with E-state index in [0.717, 1.165) is 0 Å². The number of carbonyl (C=O) groups excluding carboxylic acids is 1. The molecule has 0 unspecified atom stereocenters. The number of esters is 1. The fourth-order valence-corrected chi connectivity index (χ4v) is 1.70. The maximum Gasteiger partial charge on any atom is 0.338 e. The van der Waals surface area contributed by atoms with Gasteiger partial charge in [-0.25, -0.2) is 4.79 Å². The van der Waals surface area contributed by atoms with Crippen LogP contribution in [0.4, 0.5) is 0 Å². The van der Waals surface area contributed by atoms with Crippen LogP contribution in [0.3, 0.4) is 0 Å². The Morgan fingerprint density at radius 2 is 2.15 bits per heavy atom. The van der Waals surface area contributed by atoms with Crippen molar-refractivity contribution in [3.8, 4) is 5.75 Å². The summed E-state index contributed by atoms with van der Waals surface area (Å²) in [5.74, 6) is -0.667. The molecule has 13 heavy (non-hydrogen) atoms. The van der Waals surface area contributed by atoms with Crippen LogP contribution in [-0.4, -0.2) is 11.1 Å². The molecule has 0 bridgehead atoms. The fraction of sp³-hybridized carbons (Fsp3) is 0.125. The summed E-state index contributed by atoms with van der Waals surface area (Å²) < 4.78 is 4.72. The van der Waals surface area contributed by atoms with Crippen molar-refractivity contribution in [2.75, 3.05) is 0 Å².